The quantitative estimate of drug-likeness (QED) is 0.250. The molecule has 41 heavy (non-hydrogen) atoms. The van der Waals surface area contributed by atoms with Gasteiger partial charge in [-0.15, -0.1) is 0 Å². The summed E-state index contributed by atoms with van der Waals surface area (Å²) in [7, 11) is 0. The van der Waals surface area contributed by atoms with Gasteiger partial charge in [-0.1, -0.05) is 0 Å². The molecule has 2 rings (SSSR count). The fourth-order valence-electron chi connectivity index (χ4n) is 8.02. The van der Waals surface area contributed by atoms with Crippen LogP contribution < -0.4 is 0 Å². The van der Waals surface area contributed by atoms with E-state index in [1.54, 1.807) is 27.7 Å². The molecular formula is C31H58N2O8. The number of nitrogens with zero attached hydrogens (tertiary/aromatic N) is 2. The van der Waals surface area contributed by atoms with Gasteiger partial charge >= 0.3 is 11.9 Å². The molecule has 2 saturated heterocycles. The van der Waals surface area contributed by atoms with Crippen LogP contribution in [0.2, 0.25) is 0 Å². The van der Waals surface area contributed by atoms with Gasteiger partial charge in [0.15, 0.2) is 0 Å². The van der Waals surface area contributed by atoms with E-state index in [4.69, 9.17) is 9.68 Å². The average Bonchev–Trinajstić information content (AvgIpc) is 2.66. The lowest BCUT2D eigenvalue weighted by atomic mass is 9.52. The SMILES string of the molecule is CC(C)(O)CON1C(C)(C)CC(C(CC(=O)O)(CC(=O)O)C2CC(C)(C)N(OCC(C)(C)O)C(C)(C)C2)CC1(C)C. The van der Waals surface area contributed by atoms with Crippen LogP contribution in [0, 0.1) is 17.3 Å². The van der Waals surface area contributed by atoms with Crippen molar-refractivity contribution in [3.8, 4) is 0 Å². The van der Waals surface area contributed by atoms with Crippen molar-refractivity contribution in [2.24, 2.45) is 17.3 Å². The molecular weight excluding hydrogens is 528 g/mol. The average molecular weight is 587 g/mol. The Hall–Kier alpha value is -1.30. The van der Waals surface area contributed by atoms with Crippen LogP contribution in [0.4, 0.5) is 0 Å². The Labute approximate surface area is 247 Å². The minimum absolute atomic E-state index is 0.103. The highest BCUT2D eigenvalue weighted by molar-refractivity contribution is 5.72. The molecule has 0 spiro atoms. The molecule has 10 heteroatoms. The molecule has 2 aliphatic heterocycles. The van der Waals surface area contributed by atoms with Crippen LogP contribution in [0.5, 0.6) is 0 Å². The zero-order valence-corrected chi connectivity index (χ0v) is 27.6. The molecule has 0 atom stereocenters. The number of aliphatic hydroxyl groups is 2. The lowest BCUT2D eigenvalue weighted by Crippen LogP contribution is -2.66. The van der Waals surface area contributed by atoms with E-state index in [0.717, 1.165) is 0 Å². The van der Waals surface area contributed by atoms with Gasteiger partial charge in [0.05, 0.1) is 37.3 Å². The van der Waals surface area contributed by atoms with Gasteiger partial charge in [0.1, 0.15) is 0 Å². The van der Waals surface area contributed by atoms with Crippen LogP contribution in [0.3, 0.4) is 0 Å². The van der Waals surface area contributed by atoms with Gasteiger partial charge in [-0.3, -0.25) is 19.3 Å². The Bertz CT molecular complexity index is 833. The summed E-state index contributed by atoms with van der Waals surface area (Å²) < 4.78 is 0. The molecule has 0 aromatic carbocycles. The number of carboxylic acids is 2. The van der Waals surface area contributed by atoms with Gasteiger partial charge in [0.2, 0.25) is 0 Å². The van der Waals surface area contributed by atoms with E-state index in [9.17, 15) is 30.0 Å². The molecule has 0 aromatic rings. The van der Waals surface area contributed by atoms with Crippen molar-refractivity contribution in [3.63, 3.8) is 0 Å². The topological polar surface area (TPSA) is 140 Å². The van der Waals surface area contributed by atoms with E-state index in [-0.39, 0.29) is 37.9 Å². The first-order chi connectivity index (χ1) is 18.1. The van der Waals surface area contributed by atoms with Gasteiger partial charge in [0, 0.05) is 22.2 Å². The van der Waals surface area contributed by atoms with Crippen molar-refractivity contribution >= 4 is 11.9 Å². The van der Waals surface area contributed by atoms with Crippen LogP contribution in [0.25, 0.3) is 0 Å². The second kappa shape index (κ2) is 11.7. The molecule has 10 nitrogen and oxygen atoms in total. The first-order valence-electron chi connectivity index (χ1n) is 14.9. The summed E-state index contributed by atoms with van der Waals surface area (Å²) >= 11 is 0. The Morgan fingerprint density at radius 3 is 1.07 bits per heavy atom. The van der Waals surface area contributed by atoms with Crippen molar-refractivity contribution in [2.45, 2.75) is 155 Å². The maximum atomic E-state index is 12.6. The molecule has 0 radical (unpaired) electrons. The molecule has 0 aliphatic carbocycles. The molecule has 0 saturated carbocycles. The maximum Gasteiger partial charge on any atom is 0.303 e. The summed E-state index contributed by atoms with van der Waals surface area (Å²) in [6, 6.07) is 0. The molecule has 2 aliphatic rings. The predicted octanol–water partition coefficient (Wildman–Crippen LogP) is 4.87. The van der Waals surface area contributed by atoms with E-state index in [1.165, 1.54) is 0 Å². The molecule has 2 fully saturated rings. The van der Waals surface area contributed by atoms with Crippen molar-refractivity contribution in [1.29, 1.82) is 0 Å². The number of rotatable bonds is 12. The van der Waals surface area contributed by atoms with Gasteiger partial charge in [-0.2, -0.15) is 10.1 Å². The number of piperidine rings is 2. The fourth-order valence-corrected chi connectivity index (χ4v) is 8.02. The zero-order chi connectivity index (χ0) is 32.0. The van der Waals surface area contributed by atoms with E-state index < -0.39 is 50.7 Å². The van der Waals surface area contributed by atoms with Crippen LogP contribution in [-0.2, 0) is 19.3 Å². The largest absolute Gasteiger partial charge is 0.481 e. The molecule has 0 aromatic heterocycles. The third-order valence-electron chi connectivity index (χ3n) is 8.86. The molecule has 0 amide bonds. The van der Waals surface area contributed by atoms with Crippen LogP contribution >= 0.6 is 0 Å². The number of carbonyl (C=O) groups is 2. The third-order valence-corrected chi connectivity index (χ3v) is 8.86. The standard InChI is InChI=1S/C31H58N2O8/c1-25(2)13-21(14-26(3,4)32(25)40-19-29(9,10)38)31(17-23(34)35,18-24(36)37)22-15-27(5,6)33(28(7,8)16-22)41-20-30(11,12)39/h21-22,38-39H,13-20H2,1-12H3,(H,34,35)(H,36,37). The Balaban J connectivity index is 2.60. The van der Waals surface area contributed by atoms with Gasteiger partial charge < -0.3 is 20.4 Å². The van der Waals surface area contributed by atoms with E-state index in [0.29, 0.717) is 25.7 Å². The highest BCUT2D eigenvalue weighted by Gasteiger charge is 2.60. The van der Waals surface area contributed by atoms with E-state index >= 15 is 0 Å². The highest BCUT2D eigenvalue weighted by Crippen LogP contribution is 2.59. The Morgan fingerprint density at radius 2 is 0.878 bits per heavy atom. The molecule has 4 N–H and O–H groups in total. The third kappa shape index (κ3) is 8.86. The van der Waals surface area contributed by atoms with Crippen LogP contribution in [0.1, 0.15) is 122 Å². The van der Waals surface area contributed by atoms with Crippen molar-refractivity contribution in [3.05, 3.63) is 0 Å². The van der Waals surface area contributed by atoms with Crippen molar-refractivity contribution in [1.82, 2.24) is 10.1 Å². The fraction of sp³-hybridized carbons (Fsp3) is 0.935. The summed E-state index contributed by atoms with van der Waals surface area (Å²) in [6.45, 7) is 23.3. The lowest BCUT2D eigenvalue weighted by molar-refractivity contribution is -0.319. The summed E-state index contributed by atoms with van der Waals surface area (Å²) in [5.74, 6) is -2.44. The maximum absolute atomic E-state index is 12.6. The summed E-state index contributed by atoms with van der Waals surface area (Å²) in [6.07, 6.45) is 1.67. The Kier molecular flexibility index (Phi) is 10.2. The molecule has 240 valence electrons. The van der Waals surface area contributed by atoms with Crippen molar-refractivity contribution in [2.75, 3.05) is 13.2 Å². The minimum Gasteiger partial charge on any atom is -0.481 e. The van der Waals surface area contributed by atoms with Gasteiger partial charge in [-0.05, 0) is 126 Å². The number of hydrogen-bond acceptors (Lipinski definition) is 8. The highest BCUT2D eigenvalue weighted by atomic mass is 16.7. The summed E-state index contributed by atoms with van der Waals surface area (Å²) in [5, 5.41) is 45.1. The monoisotopic (exact) mass is 586 g/mol. The van der Waals surface area contributed by atoms with E-state index in [2.05, 4.69) is 0 Å². The smallest absolute Gasteiger partial charge is 0.303 e. The second-order valence-corrected chi connectivity index (χ2v) is 16.6. The number of hydrogen-bond donors (Lipinski definition) is 4. The van der Waals surface area contributed by atoms with Crippen LogP contribution in [-0.4, -0.2) is 89.1 Å². The van der Waals surface area contributed by atoms with Crippen LogP contribution in [0.15, 0.2) is 0 Å². The minimum atomic E-state index is -1.03. The Morgan fingerprint density at radius 1 is 0.634 bits per heavy atom. The van der Waals surface area contributed by atoms with Gasteiger partial charge in [0.25, 0.3) is 0 Å². The number of hydroxylamine groups is 4. The van der Waals surface area contributed by atoms with Gasteiger partial charge in [-0.25, -0.2) is 0 Å². The molecule has 0 bridgehead atoms. The summed E-state index contributed by atoms with van der Waals surface area (Å²) in [5.41, 5.74) is -5.30. The second-order valence-electron chi connectivity index (χ2n) is 16.6. The molecule has 2 heterocycles. The zero-order valence-electron chi connectivity index (χ0n) is 27.6. The van der Waals surface area contributed by atoms with E-state index in [1.807, 2.05) is 65.5 Å². The first kappa shape index (κ1) is 35.9. The van der Waals surface area contributed by atoms with Crippen molar-refractivity contribution < 1.29 is 39.7 Å². The lowest BCUT2D eigenvalue weighted by Gasteiger charge is -2.62. The predicted molar refractivity (Wildman–Crippen MR) is 157 cm³/mol. The number of aliphatic carboxylic acids is 2. The number of carboxylic acid groups (broad SMARTS) is 2. The molecule has 0 unspecified atom stereocenters. The summed E-state index contributed by atoms with van der Waals surface area (Å²) in [4.78, 5) is 37.5. The first-order valence-corrected chi connectivity index (χ1v) is 14.9. The normalized spacial score (nSPS) is 24.3.